The van der Waals surface area contributed by atoms with Crippen LogP contribution in [0, 0.1) is 6.92 Å². The molecule has 7 heteroatoms. The first-order valence-corrected chi connectivity index (χ1v) is 13.4. The van der Waals surface area contributed by atoms with Crippen LogP contribution in [0.15, 0.2) is 70.6 Å². The number of hydrogen-bond acceptors (Lipinski definition) is 5. The van der Waals surface area contributed by atoms with Crippen molar-refractivity contribution in [1.29, 1.82) is 0 Å². The van der Waals surface area contributed by atoms with Gasteiger partial charge in [-0.2, -0.15) is 0 Å². The normalized spacial score (nSPS) is 18.1. The lowest BCUT2D eigenvalue weighted by molar-refractivity contribution is -0.133. The van der Waals surface area contributed by atoms with E-state index in [4.69, 9.17) is 0 Å². The summed E-state index contributed by atoms with van der Waals surface area (Å²) in [5.41, 5.74) is 4.14. The van der Waals surface area contributed by atoms with Gasteiger partial charge in [0.25, 0.3) is 5.56 Å². The number of piperazine rings is 1. The molecule has 3 aromatic rings. The fraction of sp³-hybridized carbons (Fsp3) is 0.393. The standard InChI is InChI=1S/C28H32N4O2S/c1-3-24-20(2)29-28-32(27(24)34)23(19-35-28)18-25(33)30-14-16-31(17-15-30)26(21-10-6-4-7-11-21)22-12-8-5-9-13-22/h4-13,23,26H,3,14-19H2,1-2H3. The minimum absolute atomic E-state index is 0.0242. The quantitative estimate of drug-likeness (QED) is 0.490. The van der Waals surface area contributed by atoms with E-state index in [0.717, 1.165) is 35.3 Å². The van der Waals surface area contributed by atoms with E-state index in [1.807, 2.05) is 30.9 Å². The summed E-state index contributed by atoms with van der Waals surface area (Å²) in [7, 11) is 0. The minimum atomic E-state index is -0.118. The Kier molecular flexibility index (Phi) is 7.07. The molecule has 3 heterocycles. The van der Waals surface area contributed by atoms with Gasteiger partial charge in [-0.3, -0.25) is 19.1 Å². The van der Waals surface area contributed by atoms with Crippen molar-refractivity contribution in [2.24, 2.45) is 0 Å². The first kappa shape index (κ1) is 23.8. The zero-order valence-corrected chi connectivity index (χ0v) is 21.2. The van der Waals surface area contributed by atoms with E-state index in [1.165, 1.54) is 11.1 Å². The van der Waals surface area contributed by atoms with E-state index < -0.39 is 0 Å². The highest BCUT2D eigenvalue weighted by atomic mass is 32.2. The van der Waals surface area contributed by atoms with E-state index in [9.17, 15) is 9.59 Å². The number of benzene rings is 2. The summed E-state index contributed by atoms with van der Waals surface area (Å²) in [6, 6.07) is 21.2. The van der Waals surface area contributed by atoms with E-state index in [-0.39, 0.29) is 23.6 Å². The van der Waals surface area contributed by atoms with Gasteiger partial charge < -0.3 is 4.90 Å². The molecule has 0 spiro atoms. The van der Waals surface area contributed by atoms with Gasteiger partial charge in [-0.1, -0.05) is 79.3 Å². The van der Waals surface area contributed by atoms with Crippen LogP contribution in [0.4, 0.5) is 0 Å². The highest BCUT2D eigenvalue weighted by molar-refractivity contribution is 7.99. The Bertz CT molecular complexity index is 1200. The summed E-state index contributed by atoms with van der Waals surface area (Å²) in [6.07, 6.45) is 1.02. The molecule has 0 bridgehead atoms. The Balaban J connectivity index is 1.27. The lowest BCUT2D eigenvalue weighted by atomic mass is 9.96. The fourth-order valence-corrected chi connectivity index (χ4v) is 6.50. The van der Waals surface area contributed by atoms with Crippen molar-refractivity contribution >= 4 is 17.7 Å². The first-order chi connectivity index (χ1) is 17.1. The summed E-state index contributed by atoms with van der Waals surface area (Å²) in [5.74, 6) is 0.856. The molecule has 0 aliphatic carbocycles. The number of rotatable bonds is 6. The maximum Gasteiger partial charge on any atom is 0.257 e. The third-order valence-corrected chi connectivity index (χ3v) is 8.28. The molecule has 1 saturated heterocycles. The molecule has 0 saturated carbocycles. The second kappa shape index (κ2) is 10.4. The first-order valence-electron chi connectivity index (χ1n) is 12.4. The van der Waals surface area contributed by atoms with Gasteiger partial charge in [0.2, 0.25) is 5.91 Å². The topological polar surface area (TPSA) is 58.4 Å². The summed E-state index contributed by atoms with van der Waals surface area (Å²) in [6.45, 7) is 6.91. The summed E-state index contributed by atoms with van der Waals surface area (Å²) in [5, 5.41) is 0.751. The van der Waals surface area contributed by atoms with Crippen molar-refractivity contribution in [3.05, 3.63) is 93.4 Å². The van der Waals surface area contributed by atoms with E-state index in [2.05, 4.69) is 58.4 Å². The van der Waals surface area contributed by atoms with Crippen LogP contribution >= 0.6 is 11.8 Å². The Morgan fingerprint density at radius 1 is 1.00 bits per heavy atom. The lowest BCUT2D eigenvalue weighted by Gasteiger charge is -2.40. The molecular weight excluding hydrogens is 456 g/mol. The molecule has 2 aliphatic heterocycles. The molecule has 1 amide bonds. The van der Waals surface area contributed by atoms with Gasteiger partial charge in [-0.15, -0.1) is 0 Å². The number of amides is 1. The Morgan fingerprint density at radius 3 is 2.17 bits per heavy atom. The van der Waals surface area contributed by atoms with Gasteiger partial charge in [-0.05, 0) is 24.5 Å². The number of carbonyl (C=O) groups is 1. The number of aryl methyl sites for hydroxylation is 1. The predicted octanol–water partition coefficient (Wildman–Crippen LogP) is 4.08. The number of hydrogen-bond donors (Lipinski definition) is 0. The molecular formula is C28H32N4O2S. The van der Waals surface area contributed by atoms with Crippen LogP contribution in [-0.2, 0) is 11.2 Å². The van der Waals surface area contributed by atoms with E-state index in [0.29, 0.717) is 25.9 Å². The summed E-state index contributed by atoms with van der Waals surface area (Å²) >= 11 is 1.58. The van der Waals surface area contributed by atoms with Crippen LogP contribution in [0.1, 0.15) is 47.8 Å². The van der Waals surface area contributed by atoms with Crippen molar-refractivity contribution in [2.45, 2.75) is 43.9 Å². The van der Waals surface area contributed by atoms with Crippen LogP contribution in [0.3, 0.4) is 0 Å². The molecule has 1 aromatic heterocycles. The predicted molar refractivity (Wildman–Crippen MR) is 140 cm³/mol. The Morgan fingerprint density at radius 2 is 1.60 bits per heavy atom. The van der Waals surface area contributed by atoms with Gasteiger partial charge >= 0.3 is 0 Å². The van der Waals surface area contributed by atoms with Crippen molar-refractivity contribution in [3.8, 4) is 0 Å². The number of thioether (sulfide) groups is 1. The van der Waals surface area contributed by atoms with Crippen LogP contribution in [0.5, 0.6) is 0 Å². The van der Waals surface area contributed by atoms with Gasteiger partial charge in [0, 0.05) is 49.6 Å². The van der Waals surface area contributed by atoms with Crippen molar-refractivity contribution < 1.29 is 4.79 Å². The van der Waals surface area contributed by atoms with Crippen molar-refractivity contribution in [2.75, 3.05) is 31.9 Å². The second-order valence-electron chi connectivity index (χ2n) is 9.30. The third-order valence-electron chi connectivity index (χ3n) is 7.18. The Hall–Kier alpha value is -2.90. The van der Waals surface area contributed by atoms with Gasteiger partial charge in [-0.25, -0.2) is 4.98 Å². The molecule has 0 N–H and O–H groups in total. The maximum absolute atomic E-state index is 13.3. The Labute approximate surface area is 211 Å². The molecule has 5 rings (SSSR count). The summed E-state index contributed by atoms with van der Waals surface area (Å²) in [4.78, 5) is 35.4. The molecule has 35 heavy (non-hydrogen) atoms. The zero-order chi connectivity index (χ0) is 24.4. The van der Waals surface area contributed by atoms with Gasteiger partial charge in [0.05, 0.1) is 12.1 Å². The highest BCUT2D eigenvalue weighted by Gasteiger charge is 2.32. The minimum Gasteiger partial charge on any atom is -0.340 e. The maximum atomic E-state index is 13.3. The molecule has 2 aliphatic rings. The zero-order valence-electron chi connectivity index (χ0n) is 20.4. The average Bonchev–Trinajstić information content (AvgIpc) is 3.28. The largest absolute Gasteiger partial charge is 0.340 e. The van der Waals surface area contributed by atoms with Crippen LogP contribution in [0.25, 0.3) is 0 Å². The van der Waals surface area contributed by atoms with Crippen LogP contribution in [-0.4, -0.2) is 57.2 Å². The molecule has 182 valence electrons. The van der Waals surface area contributed by atoms with Crippen molar-refractivity contribution in [1.82, 2.24) is 19.4 Å². The smallest absolute Gasteiger partial charge is 0.257 e. The SMILES string of the molecule is CCc1c(C)nc2n(c1=O)C(CC(=O)N1CCN(C(c3ccccc3)c3ccccc3)CC1)CS2. The van der Waals surface area contributed by atoms with Gasteiger partial charge in [0.1, 0.15) is 0 Å². The molecule has 2 aromatic carbocycles. The molecule has 0 radical (unpaired) electrons. The number of carbonyl (C=O) groups excluding carboxylic acids is 1. The second-order valence-corrected chi connectivity index (χ2v) is 10.3. The molecule has 1 fully saturated rings. The molecule has 1 atom stereocenters. The molecule has 1 unspecified atom stereocenters. The highest BCUT2D eigenvalue weighted by Crippen LogP contribution is 2.34. The number of nitrogens with zero attached hydrogens (tertiary/aromatic N) is 4. The van der Waals surface area contributed by atoms with Gasteiger partial charge in [0.15, 0.2) is 5.16 Å². The van der Waals surface area contributed by atoms with E-state index in [1.54, 1.807) is 16.3 Å². The van der Waals surface area contributed by atoms with Crippen LogP contribution < -0.4 is 5.56 Å². The average molecular weight is 489 g/mol. The third kappa shape index (κ3) is 4.80. The number of fused-ring (bicyclic) bond motifs is 1. The fourth-order valence-electron chi connectivity index (χ4n) is 5.32. The molecule has 6 nitrogen and oxygen atoms in total. The monoisotopic (exact) mass is 488 g/mol. The lowest BCUT2D eigenvalue weighted by Crippen LogP contribution is -2.50. The van der Waals surface area contributed by atoms with Crippen molar-refractivity contribution in [3.63, 3.8) is 0 Å². The number of aromatic nitrogens is 2. The summed E-state index contributed by atoms with van der Waals surface area (Å²) < 4.78 is 1.77. The van der Waals surface area contributed by atoms with E-state index >= 15 is 0 Å². The van der Waals surface area contributed by atoms with Crippen LogP contribution in [0.2, 0.25) is 0 Å².